The first kappa shape index (κ1) is 15.0. The Hall–Kier alpha value is -2.60. The summed E-state index contributed by atoms with van der Waals surface area (Å²) in [6.45, 7) is 0. The lowest BCUT2D eigenvalue weighted by Crippen LogP contribution is -2.41. The minimum absolute atomic E-state index is 0.103. The minimum Gasteiger partial charge on any atom is -0.393 e. The van der Waals surface area contributed by atoms with Crippen LogP contribution in [-0.2, 0) is 7.05 Å². The average Bonchev–Trinajstić information content (AvgIpc) is 3.17. The molecule has 0 unspecified atom stereocenters. The molecule has 1 saturated carbocycles. The maximum absolute atomic E-state index is 12.7. The first-order valence-corrected chi connectivity index (χ1v) is 8.15. The Kier molecular flexibility index (Phi) is 3.61. The lowest BCUT2D eigenvalue weighted by Gasteiger charge is -2.37. The van der Waals surface area contributed by atoms with Gasteiger partial charge in [-0.2, -0.15) is 5.10 Å². The molecule has 0 saturated heterocycles. The second-order valence-corrected chi connectivity index (χ2v) is 6.56. The summed E-state index contributed by atoms with van der Waals surface area (Å²) in [5, 5.41) is 18.0. The van der Waals surface area contributed by atoms with Crippen molar-refractivity contribution in [3.8, 4) is 0 Å². The molecule has 24 heavy (non-hydrogen) atoms. The molecular formula is C18H20N4O2. The van der Waals surface area contributed by atoms with E-state index in [4.69, 9.17) is 0 Å². The van der Waals surface area contributed by atoms with Gasteiger partial charge in [0.1, 0.15) is 0 Å². The molecule has 1 atom stereocenters. The van der Waals surface area contributed by atoms with Crippen LogP contribution in [-0.4, -0.2) is 31.9 Å². The number of aromatic amines is 1. The van der Waals surface area contributed by atoms with E-state index < -0.39 is 0 Å². The molecule has 4 rings (SSSR count). The van der Waals surface area contributed by atoms with Gasteiger partial charge in [0.15, 0.2) is 0 Å². The highest BCUT2D eigenvalue weighted by molar-refractivity contribution is 5.98. The number of amides is 1. The number of hydrogen-bond acceptors (Lipinski definition) is 3. The SMILES string of the molecule is Cn1cc([C@@H](NC(=O)c2ccc3[nH]ccc3c2)C2CC(O)C2)cn1. The van der Waals surface area contributed by atoms with Crippen molar-refractivity contribution in [2.45, 2.75) is 25.0 Å². The van der Waals surface area contributed by atoms with Gasteiger partial charge in [0.25, 0.3) is 5.91 Å². The summed E-state index contributed by atoms with van der Waals surface area (Å²) in [4.78, 5) is 15.8. The summed E-state index contributed by atoms with van der Waals surface area (Å²) >= 11 is 0. The van der Waals surface area contributed by atoms with Crippen LogP contribution in [0.1, 0.15) is 34.8 Å². The number of benzene rings is 1. The molecule has 1 fully saturated rings. The normalized spacial score (nSPS) is 21.4. The molecule has 0 aliphatic heterocycles. The molecule has 1 aliphatic rings. The fraction of sp³-hybridized carbons (Fsp3) is 0.333. The van der Waals surface area contributed by atoms with Crippen molar-refractivity contribution in [1.82, 2.24) is 20.1 Å². The first-order chi connectivity index (χ1) is 11.6. The summed E-state index contributed by atoms with van der Waals surface area (Å²) in [6.07, 6.45) is 6.71. The Morgan fingerprint density at radius 2 is 2.25 bits per heavy atom. The molecule has 1 amide bonds. The Balaban J connectivity index is 1.58. The highest BCUT2D eigenvalue weighted by atomic mass is 16.3. The topological polar surface area (TPSA) is 82.9 Å². The second-order valence-electron chi connectivity index (χ2n) is 6.56. The highest BCUT2D eigenvalue weighted by Crippen LogP contribution is 2.38. The van der Waals surface area contributed by atoms with E-state index >= 15 is 0 Å². The molecule has 0 spiro atoms. The van der Waals surface area contributed by atoms with Crippen molar-refractivity contribution in [2.24, 2.45) is 13.0 Å². The third kappa shape index (κ3) is 2.69. The Morgan fingerprint density at radius 3 is 2.96 bits per heavy atom. The first-order valence-electron chi connectivity index (χ1n) is 8.15. The Bertz CT molecular complexity index is 876. The van der Waals surface area contributed by atoms with Gasteiger partial charge in [0.05, 0.1) is 18.3 Å². The summed E-state index contributed by atoms with van der Waals surface area (Å²) in [6, 6.07) is 7.45. The number of rotatable bonds is 4. The van der Waals surface area contributed by atoms with E-state index in [2.05, 4.69) is 15.4 Å². The van der Waals surface area contributed by atoms with Gasteiger partial charge >= 0.3 is 0 Å². The second kappa shape index (κ2) is 5.79. The molecule has 1 aromatic carbocycles. The van der Waals surface area contributed by atoms with Gasteiger partial charge < -0.3 is 15.4 Å². The fourth-order valence-electron chi connectivity index (χ4n) is 3.40. The van der Waals surface area contributed by atoms with Crippen molar-refractivity contribution in [1.29, 1.82) is 0 Å². The summed E-state index contributed by atoms with van der Waals surface area (Å²) in [5.41, 5.74) is 2.62. The number of carbonyl (C=O) groups excluding carboxylic acids is 1. The largest absolute Gasteiger partial charge is 0.393 e. The standard InChI is InChI=1S/C18H20N4O2/c1-22-10-14(9-20-22)17(13-7-15(23)8-13)21-18(24)12-2-3-16-11(6-12)4-5-19-16/h2-6,9-10,13,15,17,19,23H,7-8H2,1H3,(H,21,24)/t13?,15?,17-/m0/s1. The zero-order valence-corrected chi connectivity index (χ0v) is 13.4. The van der Waals surface area contributed by atoms with Crippen LogP contribution in [0.25, 0.3) is 10.9 Å². The lowest BCUT2D eigenvalue weighted by molar-refractivity contribution is 0.0235. The molecule has 3 N–H and O–H groups in total. The number of aryl methyl sites for hydroxylation is 1. The lowest BCUT2D eigenvalue weighted by atomic mass is 9.75. The quantitative estimate of drug-likeness (QED) is 0.687. The maximum atomic E-state index is 12.7. The van der Waals surface area contributed by atoms with E-state index in [1.165, 1.54) is 0 Å². The van der Waals surface area contributed by atoms with Crippen molar-refractivity contribution < 1.29 is 9.90 Å². The van der Waals surface area contributed by atoms with Gasteiger partial charge in [-0.1, -0.05) is 0 Å². The molecule has 0 bridgehead atoms. The summed E-state index contributed by atoms with van der Waals surface area (Å²) < 4.78 is 1.73. The summed E-state index contributed by atoms with van der Waals surface area (Å²) in [7, 11) is 1.86. The Labute approximate surface area is 139 Å². The zero-order chi connectivity index (χ0) is 16.7. The molecule has 6 heteroatoms. The highest BCUT2D eigenvalue weighted by Gasteiger charge is 2.36. The molecule has 2 heterocycles. The third-order valence-corrected chi connectivity index (χ3v) is 4.81. The van der Waals surface area contributed by atoms with Crippen LogP contribution in [0.2, 0.25) is 0 Å². The van der Waals surface area contributed by atoms with Crippen molar-refractivity contribution in [2.75, 3.05) is 0 Å². The number of aliphatic hydroxyl groups excluding tert-OH is 1. The predicted molar refractivity (Wildman–Crippen MR) is 90.4 cm³/mol. The van der Waals surface area contributed by atoms with Gasteiger partial charge in [0.2, 0.25) is 0 Å². The molecule has 2 aromatic heterocycles. The van der Waals surface area contributed by atoms with Crippen LogP contribution in [0.3, 0.4) is 0 Å². The van der Waals surface area contributed by atoms with Crippen LogP contribution in [0.15, 0.2) is 42.9 Å². The van der Waals surface area contributed by atoms with Gasteiger partial charge in [-0.15, -0.1) is 0 Å². The molecule has 124 valence electrons. The van der Waals surface area contributed by atoms with Gasteiger partial charge in [0, 0.05) is 41.5 Å². The van der Waals surface area contributed by atoms with Crippen LogP contribution < -0.4 is 5.32 Å². The number of aliphatic hydroxyl groups is 1. The number of nitrogens with zero attached hydrogens (tertiary/aromatic N) is 2. The van der Waals surface area contributed by atoms with Gasteiger partial charge in [-0.05, 0) is 43.0 Å². The van der Waals surface area contributed by atoms with Crippen molar-refractivity contribution >= 4 is 16.8 Å². The van der Waals surface area contributed by atoms with Gasteiger partial charge in [-0.25, -0.2) is 0 Å². The van der Waals surface area contributed by atoms with Crippen LogP contribution in [0, 0.1) is 5.92 Å². The van der Waals surface area contributed by atoms with Crippen molar-refractivity contribution in [3.05, 3.63) is 54.0 Å². The number of H-pyrrole nitrogens is 1. The molecule has 1 aliphatic carbocycles. The third-order valence-electron chi connectivity index (χ3n) is 4.81. The van der Waals surface area contributed by atoms with E-state index in [0.29, 0.717) is 18.4 Å². The van der Waals surface area contributed by atoms with E-state index in [1.807, 2.05) is 43.7 Å². The number of aromatic nitrogens is 3. The predicted octanol–water partition coefficient (Wildman–Crippen LogP) is 2.14. The zero-order valence-electron chi connectivity index (χ0n) is 13.4. The monoisotopic (exact) mass is 324 g/mol. The number of hydrogen-bond donors (Lipinski definition) is 3. The van der Waals surface area contributed by atoms with E-state index in [0.717, 1.165) is 16.5 Å². The van der Waals surface area contributed by atoms with Gasteiger partial charge in [-0.3, -0.25) is 9.48 Å². The van der Waals surface area contributed by atoms with Crippen LogP contribution in [0.5, 0.6) is 0 Å². The number of nitrogens with one attached hydrogen (secondary N) is 2. The Morgan fingerprint density at radius 1 is 1.42 bits per heavy atom. The number of fused-ring (bicyclic) bond motifs is 1. The molecule has 6 nitrogen and oxygen atoms in total. The smallest absolute Gasteiger partial charge is 0.251 e. The molecular weight excluding hydrogens is 304 g/mol. The molecule has 0 radical (unpaired) electrons. The van der Waals surface area contributed by atoms with Crippen molar-refractivity contribution in [3.63, 3.8) is 0 Å². The average molecular weight is 324 g/mol. The minimum atomic E-state index is -0.262. The summed E-state index contributed by atoms with van der Waals surface area (Å²) in [5.74, 6) is 0.137. The molecule has 3 aromatic rings. The maximum Gasteiger partial charge on any atom is 0.251 e. The van der Waals surface area contributed by atoms with Crippen LogP contribution >= 0.6 is 0 Å². The van der Waals surface area contributed by atoms with E-state index in [1.54, 1.807) is 10.9 Å². The number of carbonyl (C=O) groups is 1. The van der Waals surface area contributed by atoms with Crippen LogP contribution in [0.4, 0.5) is 0 Å². The van der Waals surface area contributed by atoms with E-state index in [-0.39, 0.29) is 24.0 Å². The fourth-order valence-corrected chi connectivity index (χ4v) is 3.40. The van der Waals surface area contributed by atoms with E-state index in [9.17, 15) is 9.90 Å².